The van der Waals surface area contributed by atoms with Crippen LogP contribution in [0, 0.1) is 0 Å². The van der Waals surface area contributed by atoms with Gasteiger partial charge in [0.1, 0.15) is 13.2 Å². The zero-order valence-corrected chi connectivity index (χ0v) is 14.1. The first-order chi connectivity index (χ1) is 11.0. The van der Waals surface area contributed by atoms with Crippen molar-refractivity contribution in [1.82, 2.24) is 5.32 Å². The Morgan fingerprint density at radius 1 is 1.04 bits per heavy atom. The molecule has 1 N–H and O–H groups in total. The topological polar surface area (TPSA) is 47.6 Å². The van der Waals surface area contributed by atoms with E-state index in [1.807, 2.05) is 0 Å². The fourth-order valence-corrected chi connectivity index (χ4v) is 2.88. The van der Waals surface area contributed by atoms with Crippen molar-refractivity contribution in [3.8, 4) is 11.5 Å². The van der Waals surface area contributed by atoms with E-state index in [4.69, 9.17) is 44.3 Å². The second-order valence-electron chi connectivity index (χ2n) is 4.91. The number of fused-ring (bicyclic) bond motifs is 1. The van der Waals surface area contributed by atoms with E-state index in [-0.39, 0.29) is 12.5 Å². The Balaban J connectivity index is 1.74. The molecule has 1 aliphatic rings. The quantitative estimate of drug-likeness (QED) is 0.871. The average molecular weight is 373 g/mol. The van der Waals surface area contributed by atoms with E-state index in [9.17, 15) is 4.79 Å². The molecule has 0 bridgehead atoms. The van der Waals surface area contributed by atoms with Gasteiger partial charge in [-0.15, -0.1) is 0 Å². The van der Waals surface area contributed by atoms with Crippen molar-refractivity contribution in [1.29, 1.82) is 0 Å². The number of ether oxygens (including phenoxy) is 2. The summed E-state index contributed by atoms with van der Waals surface area (Å²) in [4.78, 5) is 12.2. The Hall–Kier alpha value is -1.62. The van der Waals surface area contributed by atoms with Crippen molar-refractivity contribution in [3.63, 3.8) is 0 Å². The van der Waals surface area contributed by atoms with Crippen LogP contribution in [0.5, 0.6) is 11.5 Å². The number of rotatable bonds is 3. The van der Waals surface area contributed by atoms with E-state index >= 15 is 0 Å². The van der Waals surface area contributed by atoms with Gasteiger partial charge in [-0.3, -0.25) is 4.79 Å². The van der Waals surface area contributed by atoms with E-state index in [1.165, 1.54) is 6.07 Å². The van der Waals surface area contributed by atoms with Crippen molar-refractivity contribution in [2.45, 2.75) is 6.54 Å². The van der Waals surface area contributed by atoms with Gasteiger partial charge in [0, 0.05) is 11.6 Å². The summed E-state index contributed by atoms with van der Waals surface area (Å²) < 4.78 is 11.0. The minimum absolute atomic E-state index is 0.276. The van der Waals surface area contributed by atoms with Gasteiger partial charge in [-0.05, 0) is 35.9 Å². The summed E-state index contributed by atoms with van der Waals surface area (Å²) in [5.41, 5.74) is 1.12. The Labute approximate surface area is 148 Å². The highest BCUT2D eigenvalue weighted by atomic mass is 35.5. The minimum atomic E-state index is -0.316. The third-order valence-electron chi connectivity index (χ3n) is 3.28. The first-order valence-electron chi connectivity index (χ1n) is 6.86. The highest BCUT2D eigenvalue weighted by Crippen LogP contribution is 2.38. The maximum absolute atomic E-state index is 12.2. The van der Waals surface area contributed by atoms with Gasteiger partial charge in [-0.2, -0.15) is 0 Å². The lowest BCUT2D eigenvalue weighted by Crippen LogP contribution is -2.23. The molecule has 0 saturated heterocycles. The molecule has 1 amide bonds. The van der Waals surface area contributed by atoms with Gasteiger partial charge < -0.3 is 14.8 Å². The van der Waals surface area contributed by atoms with E-state index in [0.29, 0.717) is 45.3 Å². The SMILES string of the molecule is O=C(NCc1cc(Cl)c2c(c1)OCCO2)c1cc(Cl)ccc1Cl. The Kier molecular flexibility index (Phi) is 4.85. The number of nitrogens with one attached hydrogen (secondary N) is 1. The number of hydrogen-bond donors (Lipinski definition) is 1. The molecule has 0 saturated carbocycles. The van der Waals surface area contributed by atoms with Crippen molar-refractivity contribution >= 4 is 40.7 Å². The van der Waals surface area contributed by atoms with Gasteiger partial charge in [0.15, 0.2) is 11.5 Å². The lowest BCUT2D eigenvalue weighted by molar-refractivity contribution is 0.0951. The average Bonchev–Trinajstić information content (AvgIpc) is 2.55. The highest BCUT2D eigenvalue weighted by molar-refractivity contribution is 6.35. The normalized spacial score (nSPS) is 12.8. The second-order valence-corrected chi connectivity index (χ2v) is 6.16. The number of amides is 1. The second kappa shape index (κ2) is 6.87. The molecule has 0 fully saturated rings. The first-order valence-corrected chi connectivity index (χ1v) is 7.99. The molecule has 0 atom stereocenters. The monoisotopic (exact) mass is 371 g/mol. The summed E-state index contributed by atoms with van der Waals surface area (Å²) in [5.74, 6) is 0.795. The molecule has 0 spiro atoms. The van der Waals surface area contributed by atoms with Crippen LogP contribution in [0.4, 0.5) is 0 Å². The lowest BCUT2D eigenvalue weighted by Gasteiger charge is -2.20. The van der Waals surface area contributed by atoms with E-state index < -0.39 is 0 Å². The Morgan fingerprint density at radius 2 is 1.83 bits per heavy atom. The molecule has 0 aliphatic carbocycles. The van der Waals surface area contributed by atoms with Crippen LogP contribution in [-0.4, -0.2) is 19.1 Å². The van der Waals surface area contributed by atoms with Crippen molar-refractivity contribution in [2.24, 2.45) is 0 Å². The van der Waals surface area contributed by atoms with Crippen LogP contribution in [-0.2, 0) is 6.54 Å². The maximum Gasteiger partial charge on any atom is 0.253 e. The van der Waals surface area contributed by atoms with Gasteiger partial charge >= 0.3 is 0 Å². The summed E-state index contributed by atoms with van der Waals surface area (Å²) in [7, 11) is 0. The van der Waals surface area contributed by atoms with Crippen LogP contribution in [0.25, 0.3) is 0 Å². The number of benzene rings is 2. The van der Waals surface area contributed by atoms with Gasteiger partial charge in [0.05, 0.1) is 15.6 Å². The molecule has 0 unspecified atom stereocenters. The summed E-state index contributed by atoms with van der Waals surface area (Å²) in [6.45, 7) is 1.21. The van der Waals surface area contributed by atoms with E-state index in [2.05, 4.69) is 5.32 Å². The predicted molar refractivity (Wildman–Crippen MR) is 90.1 cm³/mol. The molecule has 120 valence electrons. The van der Waals surface area contributed by atoms with Gasteiger partial charge in [0.25, 0.3) is 5.91 Å². The fourth-order valence-electron chi connectivity index (χ4n) is 2.22. The molecule has 1 heterocycles. The fraction of sp³-hybridized carbons (Fsp3) is 0.188. The number of carbonyl (C=O) groups excluding carboxylic acids is 1. The van der Waals surface area contributed by atoms with Gasteiger partial charge in [0.2, 0.25) is 0 Å². The molecular weight excluding hydrogens is 361 g/mol. The summed E-state index contributed by atoms with van der Waals surface area (Å²) in [6.07, 6.45) is 0. The molecule has 0 radical (unpaired) electrons. The summed E-state index contributed by atoms with van der Waals surface area (Å²) in [6, 6.07) is 8.26. The summed E-state index contributed by atoms with van der Waals surface area (Å²) >= 11 is 18.1. The predicted octanol–water partition coefficient (Wildman–Crippen LogP) is 4.35. The smallest absolute Gasteiger partial charge is 0.253 e. The highest BCUT2D eigenvalue weighted by Gasteiger charge is 2.17. The molecule has 3 rings (SSSR count). The lowest BCUT2D eigenvalue weighted by atomic mass is 10.1. The zero-order chi connectivity index (χ0) is 16.4. The van der Waals surface area contributed by atoms with Crippen molar-refractivity contribution in [3.05, 3.63) is 56.5 Å². The van der Waals surface area contributed by atoms with Gasteiger partial charge in [-0.25, -0.2) is 0 Å². The van der Waals surface area contributed by atoms with Crippen LogP contribution in [0.15, 0.2) is 30.3 Å². The molecule has 7 heteroatoms. The number of carbonyl (C=O) groups is 1. The molecule has 1 aliphatic heterocycles. The largest absolute Gasteiger partial charge is 0.486 e. The zero-order valence-electron chi connectivity index (χ0n) is 11.9. The first kappa shape index (κ1) is 16.2. The van der Waals surface area contributed by atoms with Crippen molar-refractivity contribution in [2.75, 3.05) is 13.2 Å². The molecule has 2 aromatic rings. The molecule has 2 aromatic carbocycles. The molecule has 4 nitrogen and oxygen atoms in total. The van der Waals surface area contributed by atoms with E-state index in [0.717, 1.165) is 5.56 Å². The van der Waals surface area contributed by atoms with E-state index in [1.54, 1.807) is 24.3 Å². The molecule has 0 aromatic heterocycles. The summed E-state index contributed by atoms with van der Waals surface area (Å²) in [5, 5.41) is 4.02. The van der Waals surface area contributed by atoms with Crippen molar-refractivity contribution < 1.29 is 14.3 Å². The third kappa shape index (κ3) is 3.66. The van der Waals surface area contributed by atoms with Crippen LogP contribution < -0.4 is 14.8 Å². The van der Waals surface area contributed by atoms with Crippen LogP contribution in [0.2, 0.25) is 15.1 Å². The standard InChI is InChI=1S/C16H12Cl3NO3/c17-10-1-2-12(18)11(7-10)16(21)20-8-9-5-13(19)15-14(6-9)22-3-4-23-15/h1-2,5-7H,3-4,8H2,(H,20,21). The van der Waals surface area contributed by atoms with Crippen LogP contribution >= 0.6 is 34.8 Å². The number of halogens is 3. The number of hydrogen-bond acceptors (Lipinski definition) is 3. The minimum Gasteiger partial charge on any atom is -0.486 e. The Morgan fingerprint density at radius 3 is 2.65 bits per heavy atom. The Bertz CT molecular complexity index is 764. The van der Waals surface area contributed by atoms with Crippen LogP contribution in [0.1, 0.15) is 15.9 Å². The molecular formula is C16H12Cl3NO3. The molecule has 23 heavy (non-hydrogen) atoms. The van der Waals surface area contributed by atoms with Gasteiger partial charge in [-0.1, -0.05) is 34.8 Å². The maximum atomic E-state index is 12.2. The third-order valence-corrected chi connectivity index (χ3v) is 4.13. The van der Waals surface area contributed by atoms with Crippen LogP contribution in [0.3, 0.4) is 0 Å².